The van der Waals surface area contributed by atoms with Crippen LogP contribution in [0.15, 0.2) is 42.5 Å². The van der Waals surface area contributed by atoms with Gasteiger partial charge in [0.15, 0.2) is 11.6 Å². The molecule has 0 spiro atoms. The van der Waals surface area contributed by atoms with Crippen LogP contribution in [0.3, 0.4) is 0 Å². The Hall–Kier alpha value is -1.70. The standard InChI is InChI=1S/C21H24F2/c22-20-14-13-19(15-21(20)23)18-11-9-17(10-12-18)8-4-3-7-16-5-1-2-6-16/h9-16H,1-8H2. The van der Waals surface area contributed by atoms with Gasteiger partial charge >= 0.3 is 0 Å². The van der Waals surface area contributed by atoms with Crippen LogP contribution in [-0.4, -0.2) is 0 Å². The van der Waals surface area contributed by atoms with Gasteiger partial charge in [0.05, 0.1) is 0 Å². The second-order valence-corrected chi connectivity index (χ2v) is 6.72. The Labute approximate surface area is 137 Å². The molecule has 1 saturated carbocycles. The maximum Gasteiger partial charge on any atom is 0.159 e. The van der Waals surface area contributed by atoms with E-state index >= 15 is 0 Å². The summed E-state index contributed by atoms with van der Waals surface area (Å²) in [6.07, 6.45) is 10.8. The fraction of sp³-hybridized carbons (Fsp3) is 0.429. The summed E-state index contributed by atoms with van der Waals surface area (Å²) in [4.78, 5) is 0. The normalized spacial score (nSPS) is 15.2. The predicted octanol–water partition coefficient (Wildman–Crippen LogP) is 6.53. The first-order chi connectivity index (χ1) is 11.2. The smallest absolute Gasteiger partial charge is 0.159 e. The third kappa shape index (κ3) is 4.40. The molecule has 2 aromatic carbocycles. The van der Waals surface area contributed by atoms with E-state index in [1.165, 1.54) is 62.6 Å². The molecule has 0 saturated heterocycles. The second kappa shape index (κ2) is 7.72. The fourth-order valence-electron chi connectivity index (χ4n) is 3.60. The zero-order chi connectivity index (χ0) is 16.1. The van der Waals surface area contributed by atoms with Gasteiger partial charge in [0.25, 0.3) is 0 Å². The fourth-order valence-corrected chi connectivity index (χ4v) is 3.60. The Morgan fingerprint density at radius 2 is 1.48 bits per heavy atom. The van der Waals surface area contributed by atoms with E-state index in [1.807, 2.05) is 12.1 Å². The first kappa shape index (κ1) is 16.2. The van der Waals surface area contributed by atoms with E-state index in [9.17, 15) is 8.78 Å². The number of aryl methyl sites for hydroxylation is 1. The minimum atomic E-state index is -0.798. The van der Waals surface area contributed by atoms with Gasteiger partial charge in [-0.05, 0) is 47.6 Å². The average Bonchev–Trinajstić information content (AvgIpc) is 3.08. The SMILES string of the molecule is Fc1ccc(-c2ccc(CCCCC3CCCC3)cc2)cc1F. The molecule has 0 bridgehead atoms. The van der Waals surface area contributed by atoms with E-state index in [0.717, 1.165) is 23.5 Å². The lowest BCUT2D eigenvalue weighted by Crippen LogP contribution is -1.94. The van der Waals surface area contributed by atoms with Crippen LogP contribution in [0.25, 0.3) is 11.1 Å². The maximum atomic E-state index is 13.3. The van der Waals surface area contributed by atoms with E-state index in [2.05, 4.69) is 12.1 Å². The van der Waals surface area contributed by atoms with Gasteiger partial charge in [-0.15, -0.1) is 0 Å². The molecule has 122 valence electrons. The lowest BCUT2D eigenvalue weighted by Gasteiger charge is -2.08. The van der Waals surface area contributed by atoms with Gasteiger partial charge in [-0.2, -0.15) is 0 Å². The van der Waals surface area contributed by atoms with Gasteiger partial charge in [0.2, 0.25) is 0 Å². The van der Waals surface area contributed by atoms with Crippen molar-refractivity contribution in [2.75, 3.05) is 0 Å². The Morgan fingerprint density at radius 1 is 0.783 bits per heavy atom. The van der Waals surface area contributed by atoms with E-state index in [-0.39, 0.29) is 0 Å². The highest BCUT2D eigenvalue weighted by Crippen LogP contribution is 2.29. The third-order valence-corrected chi connectivity index (χ3v) is 5.01. The molecule has 0 amide bonds. The molecular weight excluding hydrogens is 290 g/mol. The number of benzene rings is 2. The van der Waals surface area contributed by atoms with Crippen LogP contribution in [0.4, 0.5) is 8.78 Å². The van der Waals surface area contributed by atoms with Gasteiger partial charge in [0, 0.05) is 0 Å². The number of hydrogen-bond acceptors (Lipinski definition) is 0. The molecule has 1 aliphatic carbocycles. The molecule has 0 aromatic heterocycles. The summed E-state index contributed by atoms with van der Waals surface area (Å²) in [5, 5.41) is 0. The molecule has 0 N–H and O–H groups in total. The third-order valence-electron chi connectivity index (χ3n) is 5.01. The van der Waals surface area contributed by atoms with Crippen LogP contribution in [0.1, 0.15) is 50.5 Å². The summed E-state index contributed by atoms with van der Waals surface area (Å²) < 4.78 is 26.3. The van der Waals surface area contributed by atoms with Crippen LogP contribution >= 0.6 is 0 Å². The van der Waals surface area contributed by atoms with E-state index < -0.39 is 11.6 Å². The number of hydrogen-bond donors (Lipinski definition) is 0. The van der Waals surface area contributed by atoms with Crippen molar-refractivity contribution < 1.29 is 8.78 Å². The van der Waals surface area contributed by atoms with Crippen LogP contribution in [0.5, 0.6) is 0 Å². The average molecular weight is 314 g/mol. The Morgan fingerprint density at radius 3 is 2.17 bits per heavy atom. The lowest BCUT2D eigenvalue weighted by molar-refractivity contribution is 0.473. The molecule has 1 fully saturated rings. The van der Waals surface area contributed by atoms with Crippen LogP contribution in [0.2, 0.25) is 0 Å². The van der Waals surface area contributed by atoms with Crippen molar-refractivity contribution in [3.05, 3.63) is 59.7 Å². The van der Waals surface area contributed by atoms with Crippen molar-refractivity contribution >= 4 is 0 Å². The number of unbranched alkanes of at least 4 members (excludes halogenated alkanes) is 1. The molecule has 0 nitrogen and oxygen atoms in total. The van der Waals surface area contributed by atoms with Gasteiger partial charge in [-0.1, -0.05) is 68.9 Å². The molecule has 0 atom stereocenters. The quantitative estimate of drug-likeness (QED) is 0.531. The zero-order valence-corrected chi connectivity index (χ0v) is 13.5. The first-order valence-electron chi connectivity index (χ1n) is 8.77. The van der Waals surface area contributed by atoms with Gasteiger partial charge in [-0.25, -0.2) is 8.78 Å². The molecular formula is C21H24F2. The highest BCUT2D eigenvalue weighted by Gasteiger charge is 2.13. The largest absolute Gasteiger partial charge is 0.204 e. The van der Waals surface area contributed by atoms with E-state index in [0.29, 0.717) is 0 Å². The van der Waals surface area contributed by atoms with Crippen molar-refractivity contribution in [3.63, 3.8) is 0 Å². The topological polar surface area (TPSA) is 0 Å². The predicted molar refractivity (Wildman–Crippen MR) is 91.3 cm³/mol. The summed E-state index contributed by atoms with van der Waals surface area (Å²) in [7, 11) is 0. The maximum absolute atomic E-state index is 13.3. The first-order valence-corrected chi connectivity index (χ1v) is 8.77. The highest BCUT2D eigenvalue weighted by atomic mass is 19.2. The highest BCUT2D eigenvalue weighted by molar-refractivity contribution is 5.63. The van der Waals surface area contributed by atoms with E-state index in [1.54, 1.807) is 6.07 Å². The second-order valence-electron chi connectivity index (χ2n) is 6.72. The monoisotopic (exact) mass is 314 g/mol. The number of halogens is 2. The molecule has 0 radical (unpaired) electrons. The van der Waals surface area contributed by atoms with Gasteiger partial charge < -0.3 is 0 Å². The molecule has 3 rings (SSSR count). The summed E-state index contributed by atoms with van der Waals surface area (Å²) in [6, 6.07) is 12.3. The zero-order valence-electron chi connectivity index (χ0n) is 13.5. The van der Waals surface area contributed by atoms with Crippen LogP contribution < -0.4 is 0 Å². The van der Waals surface area contributed by atoms with Gasteiger partial charge in [-0.3, -0.25) is 0 Å². The molecule has 23 heavy (non-hydrogen) atoms. The minimum absolute atomic E-state index is 0.719. The molecule has 0 aliphatic heterocycles. The summed E-state index contributed by atoms with van der Waals surface area (Å²) >= 11 is 0. The van der Waals surface area contributed by atoms with Crippen molar-refractivity contribution in [2.45, 2.75) is 51.4 Å². The molecule has 2 aromatic rings. The minimum Gasteiger partial charge on any atom is -0.204 e. The van der Waals surface area contributed by atoms with Crippen LogP contribution in [0, 0.1) is 17.6 Å². The number of rotatable bonds is 6. The van der Waals surface area contributed by atoms with Crippen molar-refractivity contribution in [2.24, 2.45) is 5.92 Å². The summed E-state index contributed by atoms with van der Waals surface area (Å²) in [5.74, 6) is -0.614. The van der Waals surface area contributed by atoms with E-state index in [4.69, 9.17) is 0 Å². The summed E-state index contributed by atoms with van der Waals surface area (Å²) in [6.45, 7) is 0. The molecule has 0 heterocycles. The molecule has 0 unspecified atom stereocenters. The van der Waals surface area contributed by atoms with Crippen molar-refractivity contribution in [1.82, 2.24) is 0 Å². The Bertz CT molecular complexity index is 625. The Kier molecular flexibility index (Phi) is 5.43. The van der Waals surface area contributed by atoms with Crippen LogP contribution in [-0.2, 0) is 6.42 Å². The Balaban J connectivity index is 1.51. The molecule has 1 aliphatic rings. The lowest BCUT2D eigenvalue weighted by atomic mass is 9.97. The van der Waals surface area contributed by atoms with Gasteiger partial charge in [0.1, 0.15) is 0 Å². The summed E-state index contributed by atoms with van der Waals surface area (Å²) in [5.41, 5.74) is 2.97. The van der Waals surface area contributed by atoms with Crippen molar-refractivity contribution in [3.8, 4) is 11.1 Å². The van der Waals surface area contributed by atoms with Crippen molar-refractivity contribution in [1.29, 1.82) is 0 Å². The molecule has 2 heteroatoms.